The van der Waals surface area contributed by atoms with Crippen LogP contribution in [0.2, 0.25) is 0 Å². The minimum atomic E-state index is -4.77. The van der Waals surface area contributed by atoms with Crippen LogP contribution in [0.25, 0.3) is 5.52 Å². The molecule has 0 fully saturated rings. The minimum absolute atomic E-state index is 0.0376. The number of hydrogen-bond acceptors (Lipinski definition) is 4. The first-order valence-electron chi connectivity index (χ1n) is 8.54. The summed E-state index contributed by atoms with van der Waals surface area (Å²) in [5, 5.41) is 9.77. The van der Waals surface area contributed by atoms with Crippen molar-refractivity contribution in [1.29, 1.82) is 0 Å². The highest BCUT2D eigenvalue weighted by Crippen LogP contribution is 2.33. The highest BCUT2D eigenvalue weighted by molar-refractivity contribution is 6.05. The molecule has 4 rings (SSSR count). The van der Waals surface area contributed by atoms with Crippen molar-refractivity contribution in [1.82, 2.24) is 19.4 Å². The average molecular weight is 419 g/mol. The maximum Gasteiger partial charge on any atom is 0.433 e. The van der Waals surface area contributed by atoms with E-state index < -0.39 is 29.2 Å². The molecule has 0 aliphatic rings. The zero-order valence-electron chi connectivity index (χ0n) is 15.3. The molecule has 1 amide bonds. The van der Waals surface area contributed by atoms with E-state index in [9.17, 15) is 22.4 Å². The Labute approximate surface area is 166 Å². The third-order valence-corrected chi connectivity index (χ3v) is 4.26. The first kappa shape index (κ1) is 19.4. The van der Waals surface area contributed by atoms with Crippen LogP contribution >= 0.6 is 0 Å². The maximum absolute atomic E-state index is 14.5. The zero-order chi connectivity index (χ0) is 21.5. The summed E-state index contributed by atoms with van der Waals surface area (Å²) in [4.78, 5) is 12.3. The van der Waals surface area contributed by atoms with E-state index in [1.807, 2.05) is 0 Å². The molecular formula is C19H13F4N5O2. The van der Waals surface area contributed by atoms with Crippen molar-refractivity contribution in [2.24, 2.45) is 7.05 Å². The number of rotatable bonds is 4. The Hall–Kier alpha value is -3.89. The number of amides is 1. The number of aromatic nitrogens is 4. The summed E-state index contributed by atoms with van der Waals surface area (Å²) in [6.07, 6.45) is -0.705. The van der Waals surface area contributed by atoms with Crippen LogP contribution in [-0.2, 0) is 13.2 Å². The predicted molar refractivity (Wildman–Crippen MR) is 97.8 cm³/mol. The zero-order valence-corrected chi connectivity index (χ0v) is 15.3. The Balaban J connectivity index is 1.56. The molecule has 30 heavy (non-hydrogen) atoms. The molecule has 3 heterocycles. The number of alkyl halides is 3. The van der Waals surface area contributed by atoms with Gasteiger partial charge in [-0.05, 0) is 30.3 Å². The molecule has 0 radical (unpaired) electrons. The number of aryl methyl sites for hydroxylation is 1. The topological polar surface area (TPSA) is 73.5 Å². The minimum Gasteiger partial charge on any atom is -0.452 e. The van der Waals surface area contributed by atoms with Gasteiger partial charge in [0.05, 0.1) is 18.0 Å². The second-order valence-electron chi connectivity index (χ2n) is 6.26. The highest BCUT2D eigenvalue weighted by Gasteiger charge is 2.39. The SMILES string of the molecule is Cn1ncc(C(=O)Nc2ccc(Oc3cccn4nccc34)c(F)c2)c1C(F)(F)F. The van der Waals surface area contributed by atoms with Crippen molar-refractivity contribution in [2.75, 3.05) is 5.32 Å². The number of carbonyl (C=O) groups is 1. The Morgan fingerprint density at radius 2 is 1.93 bits per heavy atom. The number of benzene rings is 1. The average Bonchev–Trinajstić information content (AvgIpc) is 3.30. The van der Waals surface area contributed by atoms with Gasteiger partial charge in [-0.1, -0.05) is 0 Å². The van der Waals surface area contributed by atoms with Crippen molar-refractivity contribution in [3.8, 4) is 11.5 Å². The second-order valence-corrected chi connectivity index (χ2v) is 6.26. The molecule has 0 aliphatic carbocycles. The van der Waals surface area contributed by atoms with Gasteiger partial charge in [-0.3, -0.25) is 9.48 Å². The third kappa shape index (κ3) is 3.56. The lowest BCUT2D eigenvalue weighted by Gasteiger charge is -2.12. The summed E-state index contributed by atoms with van der Waals surface area (Å²) in [6.45, 7) is 0. The summed E-state index contributed by atoms with van der Waals surface area (Å²) in [5.74, 6) is -1.64. The molecule has 1 N–H and O–H groups in total. The number of anilines is 1. The molecule has 7 nitrogen and oxygen atoms in total. The third-order valence-electron chi connectivity index (χ3n) is 4.26. The number of pyridine rings is 1. The first-order valence-corrected chi connectivity index (χ1v) is 8.54. The number of nitrogens with one attached hydrogen (secondary N) is 1. The van der Waals surface area contributed by atoms with Crippen LogP contribution in [0.3, 0.4) is 0 Å². The van der Waals surface area contributed by atoms with E-state index in [2.05, 4.69) is 15.5 Å². The van der Waals surface area contributed by atoms with E-state index in [0.29, 0.717) is 15.9 Å². The van der Waals surface area contributed by atoms with Gasteiger partial charge < -0.3 is 10.1 Å². The predicted octanol–water partition coefficient (Wildman–Crippen LogP) is 4.27. The fourth-order valence-corrected chi connectivity index (χ4v) is 2.93. The number of hydrogen-bond donors (Lipinski definition) is 1. The highest BCUT2D eigenvalue weighted by atomic mass is 19.4. The van der Waals surface area contributed by atoms with E-state index in [1.54, 1.807) is 35.1 Å². The Kier molecular flexibility index (Phi) is 4.65. The van der Waals surface area contributed by atoms with Crippen LogP contribution in [0, 0.1) is 5.82 Å². The monoisotopic (exact) mass is 419 g/mol. The number of ether oxygens (including phenoxy) is 1. The molecule has 0 saturated heterocycles. The smallest absolute Gasteiger partial charge is 0.433 e. The molecule has 11 heteroatoms. The van der Waals surface area contributed by atoms with Gasteiger partial charge in [0.25, 0.3) is 5.91 Å². The lowest BCUT2D eigenvalue weighted by Crippen LogP contribution is -2.20. The summed E-state index contributed by atoms with van der Waals surface area (Å²) >= 11 is 0. The second kappa shape index (κ2) is 7.17. The van der Waals surface area contributed by atoms with Gasteiger partial charge in [0.2, 0.25) is 0 Å². The molecule has 1 aromatic carbocycles. The van der Waals surface area contributed by atoms with Crippen LogP contribution in [0.4, 0.5) is 23.2 Å². The Morgan fingerprint density at radius 3 is 2.67 bits per heavy atom. The number of carbonyl (C=O) groups excluding carboxylic acids is 1. The van der Waals surface area contributed by atoms with Gasteiger partial charge in [0, 0.05) is 25.0 Å². The van der Waals surface area contributed by atoms with Gasteiger partial charge >= 0.3 is 6.18 Å². The molecule has 3 aromatic heterocycles. The van der Waals surface area contributed by atoms with Crippen molar-refractivity contribution in [2.45, 2.75) is 6.18 Å². The van der Waals surface area contributed by atoms with Gasteiger partial charge in [-0.25, -0.2) is 8.91 Å². The molecule has 4 aromatic rings. The van der Waals surface area contributed by atoms with Crippen LogP contribution < -0.4 is 10.1 Å². The van der Waals surface area contributed by atoms with Crippen molar-refractivity contribution in [3.63, 3.8) is 0 Å². The van der Waals surface area contributed by atoms with Crippen LogP contribution in [0.1, 0.15) is 16.1 Å². The molecule has 0 saturated carbocycles. The molecule has 0 spiro atoms. The normalized spacial score (nSPS) is 11.6. The van der Waals surface area contributed by atoms with Crippen LogP contribution in [0.15, 0.2) is 55.0 Å². The maximum atomic E-state index is 14.5. The largest absolute Gasteiger partial charge is 0.452 e. The number of halogens is 4. The van der Waals surface area contributed by atoms with E-state index in [0.717, 1.165) is 19.3 Å². The molecule has 0 unspecified atom stereocenters. The van der Waals surface area contributed by atoms with E-state index in [4.69, 9.17) is 4.74 Å². The summed E-state index contributed by atoms with van der Waals surface area (Å²) in [5.41, 5.74) is -1.29. The summed E-state index contributed by atoms with van der Waals surface area (Å²) < 4.78 is 61.6. The van der Waals surface area contributed by atoms with Gasteiger partial charge in [-0.2, -0.15) is 23.4 Å². The first-order chi connectivity index (χ1) is 14.2. The van der Waals surface area contributed by atoms with Gasteiger partial charge in [0.15, 0.2) is 23.0 Å². The number of fused-ring (bicyclic) bond motifs is 1. The number of nitrogens with zero attached hydrogens (tertiary/aromatic N) is 4. The lowest BCUT2D eigenvalue weighted by atomic mass is 10.2. The fraction of sp³-hybridized carbons (Fsp3) is 0.105. The quantitative estimate of drug-likeness (QED) is 0.502. The van der Waals surface area contributed by atoms with Crippen molar-refractivity contribution < 1.29 is 27.1 Å². The standard InChI is InChI=1S/C19H13F4N5O2/c1-27-17(19(21,22)23)12(10-25-27)18(29)26-11-4-5-15(13(20)9-11)30-16-3-2-8-28-14(16)6-7-24-28/h2-10H,1H3,(H,26,29). The molecule has 154 valence electrons. The van der Waals surface area contributed by atoms with Gasteiger partial charge in [0.1, 0.15) is 5.52 Å². The van der Waals surface area contributed by atoms with E-state index in [-0.39, 0.29) is 11.4 Å². The molecule has 0 atom stereocenters. The van der Waals surface area contributed by atoms with Crippen molar-refractivity contribution in [3.05, 3.63) is 72.1 Å². The summed E-state index contributed by atoms with van der Waals surface area (Å²) in [6, 6.07) is 8.53. The van der Waals surface area contributed by atoms with Crippen LogP contribution in [-0.4, -0.2) is 25.3 Å². The Morgan fingerprint density at radius 1 is 1.13 bits per heavy atom. The van der Waals surface area contributed by atoms with Gasteiger partial charge in [-0.15, -0.1) is 0 Å². The van der Waals surface area contributed by atoms with E-state index in [1.165, 1.54) is 12.1 Å². The summed E-state index contributed by atoms with van der Waals surface area (Å²) in [7, 11) is 1.08. The van der Waals surface area contributed by atoms with Crippen LogP contribution in [0.5, 0.6) is 11.5 Å². The molecular weight excluding hydrogens is 406 g/mol. The van der Waals surface area contributed by atoms with E-state index >= 15 is 0 Å². The molecule has 0 bridgehead atoms. The lowest BCUT2D eigenvalue weighted by molar-refractivity contribution is -0.144. The fourth-order valence-electron chi connectivity index (χ4n) is 2.93. The Bertz CT molecular complexity index is 1250. The molecule has 0 aliphatic heterocycles. The van der Waals surface area contributed by atoms with Crippen molar-refractivity contribution >= 4 is 17.1 Å².